The van der Waals surface area contributed by atoms with E-state index in [4.69, 9.17) is 16.5 Å². The smallest absolute Gasteiger partial charge is 0.410 e. The SMILES string of the molecule is CC(C)(C)OC(=O)N1CC(O)C(NCl)C1. The van der Waals surface area contributed by atoms with Crippen molar-refractivity contribution in [1.82, 2.24) is 9.74 Å². The molecule has 1 fully saturated rings. The number of aliphatic hydroxyl groups is 1. The van der Waals surface area contributed by atoms with E-state index in [1.54, 1.807) is 20.8 Å². The lowest BCUT2D eigenvalue weighted by Gasteiger charge is -2.24. The van der Waals surface area contributed by atoms with Crippen LogP contribution < -0.4 is 4.84 Å². The van der Waals surface area contributed by atoms with Gasteiger partial charge in [-0.1, -0.05) is 0 Å². The number of ether oxygens (including phenoxy) is 1. The van der Waals surface area contributed by atoms with Crippen molar-refractivity contribution in [3.63, 3.8) is 0 Å². The Labute approximate surface area is 94.4 Å². The Hall–Kier alpha value is -0.520. The van der Waals surface area contributed by atoms with Crippen molar-refractivity contribution in [1.29, 1.82) is 0 Å². The van der Waals surface area contributed by atoms with Gasteiger partial charge in [0, 0.05) is 6.54 Å². The van der Waals surface area contributed by atoms with Crippen molar-refractivity contribution in [2.75, 3.05) is 13.1 Å². The second-order valence-corrected chi connectivity index (χ2v) is 4.89. The van der Waals surface area contributed by atoms with Gasteiger partial charge < -0.3 is 14.7 Å². The van der Waals surface area contributed by atoms with Crippen LogP contribution in [0.25, 0.3) is 0 Å². The van der Waals surface area contributed by atoms with Crippen LogP contribution in [0.3, 0.4) is 0 Å². The second-order valence-electron chi connectivity index (χ2n) is 4.67. The number of carbonyl (C=O) groups excluding carboxylic acids is 1. The molecule has 1 heterocycles. The van der Waals surface area contributed by atoms with Gasteiger partial charge in [0.25, 0.3) is 0 Å². The molecular weight excluding hydrogens is 220 g/mol. The van der Waals surface area contributed by atoms with Crippen LogP contribution in [0.5, 0.6) is 0 Å². The first-order chi connectivity index (χ1) is 6.83. The zero-order valence-corrected chi connectivity index (χ0v) is 9.91. The number of likely N-dealkylation sites (tertiary alicyclic amines) is 1. The molecule has 0 spiro atoms. The van der Waals surface area contributed by atoms with Gasteiger partial charge in [0.2, 0.25) is 0 Å². The maximum Gasteiger partial charge on any atom is 0.410 e. The van der Waals surface area contributed by atoms with Crippen LogP contribution in [-0.2, 0) is 4.74 Å². The molecule has 1 aliphatic heterocycles. The minimum Gasteiger partial charge on any atom is -0.444 e. The minimum atomic E-state index is -0.644. The minimum absolute atomic E-state index is 0.249. The number of nitrogens with zero attached hydrogens (tertiary/aromatic N) is 1. The average Bonchev–Trinajstić information content (AvgIpc) is 2.43. The van der Waals surface area contributed by atoms with E-state index in [2.05, 4.69) is 4.84 Å². The summed E-state index contributed by atoms with van der Waals surface area (Å²) < 4.78 is 5.17. The van der Waals surface area contributed by atoms with Gasteiger partial charge in [0.1, 0.15) is 5.60 Å². The Kier molecular flexibility index (Phi) is 3.81. The summed E-state index contributed by atoms with van der Waals surface area (Å²) in [5, 5.41) is 9.51. The Morgan fingerprint density at radius 2 is 2.13 bits per heavy atom. The summed E-state index contributed by atoms with van der Waals surface area (Å²) >= 11 is 5.42. The third-order valence-electron chi connectivity index (χ3n) is 2.08. The Balaban J connectivity index is 2.50. The molecule has 1 aliphatic rings. The van der Waals surface area contributed by atoms with E-state index in [0.29, 0.717) is 6.54 Å². The molecule has 0 aliphatic carbocycles. The summed E-state index contributed by atoms with van der Waals surface area (Å²) in [7, 11) is 0. The number of halogens is 1. The lowest BCUT2D eigenvalue weighted by Crippen LogP contribution is -2.37. The van der Waals surface area contributed by atoms with Crippen LogP contribution in [0.15, 0.2) is 0 Å². The highest BCUT2D eigenvalue weighted by Crippen LogP contribution is 2.15. The summed E-state index contributed by atoms with van der Waals surface area (Å²) in [5.74, 6) is 0. The zero-order chi connectivity index (χ0) is 11.6. The number of aliphatic hydroxyl groups excluding tert-OH is 1. The molecule has 1 amide bonds. The van der Waals surface area contributed by atoms with Gasteiger partial charge in [-0.25, -0.2) is 9.63 Å². The standard InChI is InChI=1S/C9H17ClN2O3/c1-9(2,3)15-8(14)12-4-6(11-10)7(13)5-12/h6-7,11,13H,4-5H2,1-3H3. The maximum atomic E-state index is 11.6. The first-order valence-corrected chi connectivity index (χ1v) is 5.23. The second kappa shape index (κ2) is 4.55. The molecule has 0 aromatic rings. The van der Waals surface area contributed by atoms with E-state index in [0.717, 1.165) is 0 Å². The molecule has 1 rings (SSSR count). The fourth-order valence-corrected chi connectivity index (χ4v) is 1.58. The van der Waals surface area contributed by atoms with Crippen LogP contribution in [-0.4, -0.2) is 46.9 Å². The van der Waals surface area contributed by atoms with Gasteiger partial charge >= 0.3 is 6.09 Å². The van der Waals surface area contributed by atoms with Crippen molar-refractivity contribution in [3.8, 4) is 0 Å². The highest BCUT2D eigenvalue weighted by atomic mass is 35.5. The normalized spacial score (nSPS) is 26.9. The van der Waals surface area contributed by atoms with Crippen LogP contribution in [0.1, 0.15) is 20.8 Å². The van der Waals surface area contributed by atoms with E-state index >= 15 is 0 Å². The Bertz CT molecular complexity index is 242. The topological polar surface area (TPSA) is 61.8 Å². The molecule has 2 unspecified atom stereocenters. The van der Waals surface area contributed by atoms with Gasteiger partial charge in [-0.3, -0.25) is 0 Å². The highest BCUT2D eigenvalue weighted by Gasteiger charge is 2.35. The summed E-state index contributed by atoms with van der Waals surface area (Å²) in [6.07, 6.45) is -1.06. The third-order valence-corrected chi connectivity index (χ3v) is 2.36. The van der Waals surface area contributed by atoms with E-state index in [1.807, 2.05) is 0 Å². The molecule has 0 saturated carbocycles. The monoisotopic (exact) mass is 236 g/mol. The first kappa shape index (κ1) is 12.5. The Morgan fingerprint density at radius 1 is 1.53 bits per heavy atom. The summed E-state index contributed by atoms with van der Waals surface area (Å²) in [6, 6.07) is -0.292. The molecular formula is C9H17ClN2O3. The van der Waals surface area contributed by atoms with Crippen LogP contribution in [0.4, 0.5) is 4.79 Å². The van der Waals surface area contributed by atoms with Crippen molar-refractivity contribution in [2.45, 2.75) is 38.5 Å². The van der Waals surface area contributed by atoms with E-state index in [1.165, 1.54) is 4.90 Å². The van der Waals surface area contributed by atoms with Gasteiger partial charge in [0.05, 0.1) is 18.7 Å². The first-order valence-electron chi connectivity index (χ1n) is 4.85. The zero-order valence-electron chi connectivity index (χ0n) is 9.16. The molecule has 5 nitrogen and oxygen atoms in total. The van der Waals surface area contributed by atoms with Crippen molar-refractivity contribution in [2.24, 2.45) is 0 Å². The van der Waals surface area contributed by atoms with Crippen LogP contribution >= 0.6 is 11.8 Å². The fourth-order valence-electron chi connectivity index (χ4n) is 1.37. The summed E-state index contributed by atoms with van der Waals surface area (Å²) in [6.45, 7) is 6.01. The number of amides is 1. The van der Waals surface area contributed by atoms with Crippen LogP contribution in [0, 0.1) is 0 Å². The fraction of sp³-hybridized carbons (Fsp3) is 0.889. The van der Waals surface area contributed by atoms with Crippen molar-refractivity contribution in [3.05, 3.63) is 0 Å². The predicted octanol–water partition coefficient (Wildman–Crippen LogP) is 0.710. The quantitative estimate of drug-likeness (QED) is 0.659. The predicted molar refractivity (Wildman–Crippen MR) is 56.6 cm³/mol. The molecule has 15 heavy (non-hydrogen) atoms. The Morgan fingerprint density at radius 3 is 2.53 bits per heavy atom. The molecule has 0 aromatic carbocycles. The molecule has 2 atom stereocenters. The average molecular weight is 237 g/mol. The molecule has 1 saturated heterocycles. The molecule has 0 bridgehead atoms. The van der Waals surface area contributed by atoms with Crippen molar-refractivity contribution < 1.29 is 14.6 Å². The number of rotatable bonds is 1. The molecule has 6 heteroatoms. The lowest BCUT2D eigenvalue weighted by atomic mass is 10.2. The number of β-amino-alcohol motifs (C(OH)–C–C–N with tert-alkyl or cyclic N) is 1. The molecule has 88 valence electrons. The number of nitrogens with one attached hydrogen (secondary N) is 1. The number of hydrogen-bond acceptors (Lipinski definition) is 4. The maximum absolute atomic E-state index is 11.6. The summed E-state index contributed by atoms with van der Waals surface area (Å²) in [5.41, 5.74) is -0.519. The van der Waals surface area contributed by atoms with Crippen molar-refractivity contribution >= 4 is 17.9 Å². The van der Waals surface area contributed by atoms with E-state index in [9.17, 15) is 9.90 Å². The van der Waals surface area contributed by atoms with Crippen LogP contribution in [0.2, 0.25) is 0 Å². The number of hydrogen-bond donors (Lipinski definition) is 2. The van der Waals surface area contributed by atoms with E-state index in [-0.39, 0.29) is 12.6 Å². The highest BCUT2D eigenvalue weighted by molar-refractivity contribution is 6.13. The lowest BCUT2D eigenvalue weighted by molar-refractivity contribution is 0.0270. The van der Waals surface area contributed by atoms with E-state index < -0.39 is 17.8 Å². The van der Waals surface area contributed by atoms with Gasteiger partial charge in [-0.2, -0.15) is 0 Å². The third kappa shape index (κ3) is 3.52. The molecule has 0 aromatic heterocycles. The van der Waals surface area contributed by atoms with Gasteiger partial charge in [-0.15, -0.1) is 0 Å². The largest absolute Gasteiger partial charge is 0.444 e. The number of carbonyl (C=O) groups is 1. The van der Waals surface area contributed by atoms with Gasteiger partial charge in [0.15, 0.2) is 0 Å². The summed E-state index contributed by atoms with van der Waals surface area (Å²) in [4.78, 5) is 15.5. The van der Waals surface area contributed by atoms with Gasteiger partial charge in [-0.05, 0) is 32.5 Å². The molecule has 0 radical (unpaired) electrons. The molecule has 2 N–H and O–H groups in total.